The highest BCUT2D eigenvalue weighted by Crippen LogP contribution is 2.47. The second kappa shape index (κ2) is 37.6. The Morgan fingerprint density at radius 3 is 1.42 bits per heavy atom. The number of ether oxygens (including phenoxy) is 4. The van der Waals surface area contributed by atoms with Crippen molar-refractivity contribution < 1.29 is 99.6 Å². The summed E-state index contributed by atoms with van der Waals surface area (Å²) in [5, 5.41) is 40.8. The molecule has 8 atom stereocenters. The minimum Gasteiger partial charge on any atom is -0.779 e. The number of carbonyl (C=O) groups excluding carboxylic acids is 6. The fraction of sp³-hybridized carbons (Fsp3) is 0.357. The maximum absolute atomic E-state index is 13.7. The smallest absolute Gasteiger partial charge is 0.363 e. The number of rotatable bonds is 26. The van der Waals surface area contributed by atoms with Gasteiger partial charge in [0.15, 0.2) is 23.8 Å². The topological polar surface area (TPSA) is 553 Å². The van der Waals surface area contributed by atoms with E-state index in [1.54, 1.807) is 6.07 Å². The van der Waals surface area contributed by atoms with Gasteiger partial charge in [-0.05, 0) is 104 Å². The second-order valence-corrected chi connectivity index (χ2v) is 34.6. The van der Waals surface area contributed by atoms with E-state index in [-0.39, 0.29) is 114 Å². The molecule has 40 nitrogen and oxygen atoms in total. The molecule has 664 valence electrons. The van der Waals surface area contributed by atoms with Gasteiger partial charge in [0, 0.05) is 173 Å². The molecule has 0 saturated carbocycles. The molecule has 5 aliphatic heterocycles. The molecule has 7 aliphatic rings. The van der Waals surface area contributed by atoms with E-state index in [4.69, 9.17) is 58.9 Å². The SMILES string of the molecule is CN(C)c1ccc2c(-c3cc(C(=O)ON4C(=O)CCC4=O)ccc3C(=O)[O-])c3ccc(=[N+](C)C)cc-3oc2c1.COCC1OC(n2nc(CCCN)c3c(=O)[nH]c(N)nc32)CC1OP(C)(=O)[O-].COCC1OC(n2nc(CCCNC(=O)c3ccc(C(=O)[O-])c(-c4c5ccc(=[N+](C)C)cc-5oc5cc(N(C)C)ccc45)c3)c3c(=O)[nH]c(N)nc32)CC1OP(C)(=O)[O-]. The van der Waals surface area contributed by atoms with Gasteiger partial charge in [-0.2, -0.15) is 20.2 Å². The Kier molecular flexibility index (Phi) is 27.2. The van der Waals surface area contributed by atoms with Crippen molar-refractivity contribution >= 4 is 118 Å². The highest BCUT2D eigenvalue weighted by Gasteiger charge is 2.43. The van der Waals surface area contributed by atoms with Gasteiger partial charge in [-0.15, -0.1) is 5.06 Å². The average Bonchev–Trinajstić information content (AvgIpc) is 1.21. The van der Waals surface area contributed by atoms with E-state index in [2.05, 4.69) is 35.5 Å². The van der Waals surface area contributed by atoms with Gasteiger partial charge in [0.25, 0.3) is 28.8 Å². The monoisotopic (exact) mass is 1770 g/mol. The Morgan fingerprint density at radius 1 is 0.587 bits per heavy atom. The molecule has 9 heterocycles. The van der Waals surface area contributed by atoms with Crippen LogP contribution >= 0.6 is 15.2 Å². The number of aromatic amines is 2. The van der Waals surface area contributed by atoms with Crippen molar-refractivity contribution in [2.45, 2.75) is 88.2 Å². The van der Waals surface area contributed by atoms with E-state index in [1.165, 1.54) is 53.9 Å². The highest BCUT2D eigenvalue weighted by molar-refractivity contribution is 7.50. The molecule has 42 heteroatoms. The third-order valence-corrected chi connectivity index (χ3v) is 22.5. The van der Waals surface area contributed by atoms with Crippen LogP contribution in [0.4, 0.5) is 23.3 Å². The Labute approximate surface area is 718 Å². The third kappa shape index (κ3) is 19.8. The summed E-state index contributed by atoms with van der Waals surface area (Å²) >= 11 is 0. The fourth-order valence-corrected chi connectivity index (χ4v) is 16.7. The van der Waals surface area contributed by atoms with Crippen molar-refractivity contribution in [2.24, 2.45) is 5.73 Å². The first-order valence-corrected chi connectivity index (χ1v) is 43.7. The summed E-state index contributed by atoms with van der Waals surface area (Å²) in [5.41, 5.74) is 23.0. The van der Waals surface area contributed by atoms with E-state index >= 15 is 0 Å². The second-order valence-electron chi connectivity index (χ2n) is 31.1. The number of benzene rings is 6. The number of hydrogen-bond donors (Lipinski definition) is 6. The number of nitrogens with one attached hydrogen (secondary N) is 3. The Hall–Kier alpha value is -12.7. The number of anilines is 4. The maximum Gasteiger partial charge on any atom is 0.363 e. The van der Waals surface area contributed by atoms with Crippen LogP contribution in [0, 0.1) is 0 Å². The molecule has 0 bridgehead atoms. The number of aromatic nitrogens is 8. The van der Waals surface area contributed by atoms with Crippen LogP contribution in [0.1, 0.15) is 104 Å². The molecule has 8 aromatic rings. The van der Waals surface area contributed by atoms with Gasteiger partial charge < -0.3 is 113 Å². The molecule has 4 aromatic heterocycles. The summed E-state index contributed by atoms with van der Waals surface area (Å²) in [7, 11) is 10.0. The van der Waals surface area contributed by atoms with Gasteiger partial charge in [-0.1, -0.05) is 12.1 Å². The Bertz CT molecular complexity index is 6580. The number of carboxylic acid groups (broad SMARTS) is 2. The van der Waals surface area contributed by atoms with Crippen molar-refractivity contribution in [3.8, 4) is 44.9 Å². The number of carboxylic acids is 2. The minimum atomic E-state index is -4.13. The van der Waals surface area contributed by atoms with Crippen LogP contribution in [-0.2, 0) is 64.4 Å². The zero-order valence-electron chi connectivity index (χ0n) is 70.8. The van der Waals surface area contributed by atoms with Crippen LogP contribution in [0.15, 0.2) is 128 Å². The lowest BCUT2D eigenvalue weighted by Gasteiger charge is -2.25. The highest BCUT2D eigenvalue weighted by atomic mass is 31.2. The summed E-state index contributed by atoms with van der Waals surface area (Å²) in [5.74, 6) is -4.67. The van der Waals surface area contributed by atoms with Crippen LogP contribution in [-0.4, -0.2) is 215 Å². The summed E-state index contributed by atoms with van der Waals surface area (Å²) in [6.45, 7) is 2.75. The fourth-order valence-electron chi connectivity index (χ4n) is 15.2. The standard InChI is InChI=1S/C40H45N8O10P.C29H25N3O7.C15H25N6O6P/c1-46(2)22-10-13-25-29(17-22)56-30-18-23(47(3)4)11-14-26(30)34(25)27-16-21(9-12-24(27)39(51)52)37(49)42-15-7-8-28-35-36(43-40(41)44-38(35)50)48(45-28)33-19-31(58-59(6,53)54)32(57-33)20-55-5;1-30(2)17-6-9-20-23(14-17)38-24-15-18(31(3)4)7-10-21(24)27(20)22-13-16(5-8-19(22)28(35)36)29(37)39-32-25(33)11-12-26(32)34;1-25-7-10-9(27-28(2,23)24)6-11(26-10)21-13-12(8(20-21)4-3-5-16)14(22)19-15(17)18-13/h9-14,16-18,31-33H,7-8,15,19-20H2,1-6H3,(H5-,41,42,43,44,45,49,50,51,52,53,54);5-10,13-15H,11-12H2,1-4H3;9-11H,3-7,16H2,1-2H3,(H,23,24)(H3,17,18,19,22)/p-2. The molecular weight excluding hydrogens is 1680 g/mol. The van der Waals surface area contributed by atoms with Crippen LogP contribution in [0.25, 0.3) is 88.9 Å². The third-order valence-electron chi connectivity index (χ3n) is 21.2. The van der Waals surface area contributed by atoms with E-state index in [0.29, 0.717) is 103 Å². The van der Waals surface area contributed by atoms with Gasteiger partial charge in [-0.3, -0.25) is 33.9 Å². The van der Waals surface area contributed by atoms with E-state index in [1.807, 2.05) is 148 Å². The molecule has 8 unspecified atom stereocenters. The molecule has 3 saturated heterocycles. The summed E-state index contributed by atoms with van der Waals surface area (Å²) in [4.78, 5) is 147. The van der Waals surface area contributed by atoms with Crippen LogP contribution in [0.2, 0.25) is 0 Å². The molecule has 0 spiro atoms. The number of nitrogens with two attached hydrogens (primary N) is 3. The number of carbonyl (C=O) groups is 6. The largest absolute Gasteiger partial charge is 0.779 e. The van der Waals surface area contributed by atoms with E-state index < -0.39 is 98.8 Å². The predicted molar refractivity (Wildman–Crippen MR) is 455 cm³/mol. The molecule has 126 heavy (non-hydrogen) atoms. The Morgan fingerprint density at radius 2 is 1.02 bits per heavy atom. The van der Waals surface area contributed by atoms with Crippen LogP contribution in [0.5, 0.6) is 0 Å². The summed E-state index contributed by atoms with van der Waals surface area (Å²) in [6, 6.07) is 30.6. The molecule has 3 fully saturated rings. The summed E-state index contributed by atoms with van der Waals surface area (Å²) < 4.78 is 75.8. The number of nitrogen functional groups attached to an aromatic ring is 2. The molecule has 0 radical (unpaired) electrons. The molecule has 4 aromatic carbocycles. The summed E-state index contributed by atoms with van der Waals surface area (Å²) in [6.07, 6.45) is -2.68. The van der Waals surface area contributed by atoms with Crippen molar-refractivity contribution in [2.75, 3.05) is 132 Å². The van der Waals surface area contributed by atoms with Crippen molar-refractivity contribution in [3.05, 3.63) is 174 Å². The number of hydroxylamine groups is 2. The number of fused-ring (bicyclic) bond motifs is 6. The average molecular weight is 1770 g/mol. The zero-order valence-corrected chi connectivity index (χ0v) is 72.6. The van der Waals surface area contributed by atoms with Gasteiger partial charge in [0.2, 0.25) is 22.6 Å². The maximum atomic E-state index is 13.7. The van der Waals surface area contributed by atoms with Crippen molar-refractivity contribution in [3.63, 3.8) is 0 Å². The van der Waals surface area contributed by atoms with E-state index in [0.717, 1.165) is 35.4 Å². The lowest BCUT2D eigenvalue weighted by Crippen LogP contribution is -2.32. The quantitative estimate of drug-likeness (QED) is 0.0149. The van der Waals surface area contributed by atoms with Crippen molar-refractivity contribution in [1.82, 2.24) is 59.0 Å². The van der Waals surface area contributed by atoms with Gasteiger partial charge >= 0.3 is 5.97 Å². The minimum absolute atomic E-state index is 0.0422. The molecule has 2 aliphatic carbocycles. The van der Waals surface area contributed by atoms with Gasteiger partial charge in [0.1, 0.15) is 89.0 Å². The zero-order chi connectivity index (χ0) is 90.8. The first-order chi connectivity index (χ1) is 59.8. The molecule has 9 N–H and O–H groups in total. The molecule has 15 rings (SSSR count). The van der Waals surface area contributed by atoms with E-state index in [9.17, 15) is 67.5 Å². The molecular formula is C84H93N17O23P2-2. The lowest BCUT2D eigenvalue weighted by molar-refractivity contribution is -0.256. The number of H-pyrrole nitrogens is 2. The first-order valence-electron chi connectivity index (χ1n) is 39.7. The predicted octanol–water partition coefficient (Wildman–Crippen LogP) is 2.53. The lowest BCUT2D eigenvalue weighted by atomic mass is 9.89. The van der Waals surface area contributed by atoms with Crippen LogP contribution < -0.4 is 83.3 Å². The van der Waals surface area contributed by atoms with Gasteiger partial charge in [0.05, 0.1) is 66.4 Å². The normalized spacial score (nSPS) is 17.9. The number of aryl methyl sites for hydroxylation is 2. The number of methoxy groups -OCH3 is 2. The number of imide groups is 1. The van der Waals surface area contributed by atoms with Crippen molar-refractivity contribution in [1.29, 1.82) is 0 Å². The number of nitrogens with zero attached hydrogens (tertiary/aromatic N) is 11. The first kappa shape index (κ1) is 91.0. The number of amides is 3. The van der Waals surface area contributed by atoms with Gasteiger partial charge in [-0.25, -0.2) is 23.3 Å². The number of hydrogen-bond acceptors (Lipinski definition) is 32. The Balaban J connectivity index is 0.000000175. The van der Waals surface area contributed by atoms with Crippen LogP contribution in [0.3, 0.4) is 0 Å². The molecule has 3 amide bonds. The number of aromatic carboxylic acids is 2.